The fourth-order valence-electron chi connectivity index (χ4n) is 13.4. The van der Waals surface area contributed by atoms with E-state index in [1.54, 1.807) is 0 Å². The topological polar surface area (TPSA) is 8.17 Å². The zero-order valence-electron chi connectivity index (χ0n) is 39.8. The molecule has 0 fully saturated rings. The Morgan fingerprint density at radius 2 is 0.822 bits per heavy atom. The molecule has 0 atom stereocenters. The van der Waals surface area contributed by atoms with E-state index in [-0.39, 0.29) is 0 Å². The second-order valence-corrected chi connectivity index (χ2v) is 19.9. The summed E-state index contributed by atoms with van der Waals surface area (Å²) in [5.41, 5.74) is 18.9. The summed E-state index contributed by atoms with van der Waals surface area (Å²) in [6.07, 6.45) is 0. The van der Waals surface area contributed by atoms with Crippen LogP contribution in [-0.4, -0.2) is 4.57 Å². The highest BCUT2D eigenvalue weighted by molar-refractivity contribution is 6.26. The van der Waals surface area contributed by atoms with E-state index < -0.39 is 5.41 Å². The molecule has 0 N–H and O–H groups in total. The molecule has 2 nitrogen and oxygen atoms in total. The first-order valence-corrected chi connectivity index (χ1v) is 25.4. The number of benzene rings is 13. The Labute approximate surface area is 422 Å². The smallest absolute Gasteiger partial charge is 0.0782 e. The van der Waals surface area contributed by atoms with Crippen molar-refractivity contribution in [2.45, 2.75) is 5.41 Å². The zero-order valence-corrected chi connectivity index (χ0v) is 39.8. The minimum atomic E-state index is -0.551. The van der Waals surface area contributed by atoms with E-state index in [4.69, 9.17) is 0 Å². The fraction of sp³-hybridized carbons (Fsp3) is 0.0141. The second-order valence-electron chi connectivity index (χ2n) is 19.9. The Hall–Kier alpha value is -9.50. The third kappa shape index (κ3) is 5.52. The molecule has 14 aromatic rings. The molecule has 16 rings (SSSR count). The summed E-state index contributed by atoms with van der Waals surface area (Å²) in [7, 11) is 0. The number of anilines is 3. The van der Waals surface area contributed by atoms with Crippen LogP contribution in [0.5, 0.6) is 0 Å². The molecule has 0 saturated carbocycles. The fourth-order valence-corrected chi connectivity index (χ4v) is 13.4. The highest BCUT2D eigenvalue weighted by Gasteiger charge is 2.52. The van der Waals surface area contributed by atoms with E-state index in [9.17, 15) is 0 Å². The molecule has 1 spiro atoms. The van der Waals surface area contributed by atoms with E-state index in [0.29, 0.717) is 0 Å². The first-order valence-electron chi connectivity index (χ1n) is 25.4. The van der Waals surface area contributed by atoms with Gasteiger partial charge in [0.05, 0.1) is 27.8 Å². The summed E-state index contributed by atoms with van der Waals surface area (Å²) in [4.78, 5) is 2.61. The van der Waals surface area contributed by atoms with Crippen molar-refractivity contribution in [1.82, 2.24) is 4.57 Å². The van der Waals surface area contributed by atoms with Crippen LogP contribution < -0.4 is 4.90 Å². The van der Waals surface area contributed by atoms with Crippen LogP contribution in [0, 0.1) is 0 Å². The lowest BCUT2D eigenvalue weighted by Crippen LogP contribution is -2.26. The molecule has 2 aliphatic carbocycles. The van der Waals surface area contributed by atoms with Crippen molar-refractivity contribution in [3.05, 3.63) is 289 Å². The highest BCUT2D eigenvalue weighted by Crippen LogP contribution is 2.64. The van der Waals surface area contributed by atoms with Gasteiger partial charge in [-0.1, -0.05) is 212 Å². The van der Waals surface area contributed by atoms with E-state index in [0.717, 1.165) is 28.3 Å². The van der Waals surface area contributed by atoms with Gasteiger partial charge in [-0.3, -0.25) is 0 Å². The molecule has 73 heavy (non-hydrogen) atoms. The van der Waals surface area contributed by atoms with Crippen LogP contribution in [0.25, 0.3) is 104 Å². The van der Waals surface area contributed by atoms with Crippen LogP contribution >= 0.6 is 0 Å². The number of para-hydroxylation sites is 3. The molecule has 2 aliphatic rings. The largest absolute Gasteiger partial charge is 0.308 e. The molecule has 0 amide bonds. The molecule has 0 unspecified atom stereocenters. The summed E-state index contributed by atoms with van der Waals surface area (Å²) < 4.78 is 2.49. The summed E-state index contributed by atoms with van der Waals surface area (Å²) in [6.45, 7) is 0. The van der Waals surface area contributed by atoms with Crippen LogP contribution in [0.15, 0.2) is 267 Å². The third-order valence-electron chi connectivity index (χ3n) is 16.3. The quantitative estimate of drug-likeness (QED) is 0.156. The van der Waals surface area contributed by atoms with Gasteiger partial charge in [-0.15, -0.1) is 0 Å². The van der Waals surface area contributed by atoms with Crippen molar-refractivity contribution >= 4 is 82.0 Å². The molecular formula is C71H44N2. The Bertz CT molecular complexity index is 4550. The highest BCUT2D eigenvalue weighted by atomic mass is 15.2. The van der Waals surface area contributed by atoms with Crippen molar-refractivity contribution in [2.75, 3.05) is 4.90 Å². The lowest BCUT2D eigenvalue weighted by atomic mass is 9.70. The average Bonchev–Trinajstić information content (AvgIpc) is 4.07. The Morgan fingerprint density at radius 3 is 1.51 bits per heavy atom. The minimum absolute atomic E-state index is 0.551. The first kappa shape index (κ1) is 40.3. The number of fused-ring (bicyclic) bond motifs is 20. The van der Waals surface area contributed by atoms with Gasteiger partial charge in [-0.05, 0) is 148 Å². The maximum atomic E-state index is 2.61. The molecule has 0 saturated heterocycles. The Balaban J connectivity index is 1.10. The van der Waals surface area contributed by atoms with E-state index in [1.165, 1.54) is 115 Å². The number of nitrogens with zero attached hydrogens (tertiary/aromatic N) is 2. The molecular weight excluding hydrogens is 881 g/mol. The SMILES string of the molecule is c1ccc(-n2c3ccccc3c3cccc(N(c4ccc5c6ccccc6c6ccccc6c5c4)c4cc5c(cc4-c4ccc6ccccc6c4)-c4ccccc4C54c5ccccc5-c5ccccc54)c32)cc1. The maximum absolute atomic E-state index is 2.61. The van der Waals surface area contributed by atoms with Crippen LogP contribution in [0.1, 0.15) is 22.3 Å². The predicted octanol–water partition coefficient (Wildman–Crippen LogP) is 18.9. The van der Waals surface area contributed by atoms with Crippen LogP contribution in [0.3, 0.4) is 0 Å². The van der Waals surface area contributed by atoms with Gasteiger partial charge >= 0.3 is 0 Å². The van der Waals surface area contributed by atoms with Gasteiger partial charge in [0.25, 0.3) is 0 Å². The Kier molecular flexibility index (Phi) is 8.41. The molecule has 1 heterocycles. The summed E-state index contributed by atoms with van der Waals surface area (Å²) in [5, 5.41) is 12.4. The van der Waals surface area contributed by atoms with Crippen molar-refractivity contribution in [2.24, 2.45) is 0 Å². The molecule has 338 valence electrons. The van der Waals surface area contributed by atoms with Gasteiger partial charge in [0.1, 0.15) is 0 Å². The maximum Gasteiger partial charge on any atom is 0.0782 e. The monoisotopic (exact) mass is 924 g/mol. The zero-order chi connectivity index (χ0) is 47.8. The number of hydrogen-bond acceptors (Lipinski definition) is 1. The minimum Gasteiger partial charge on any atom is -0.308 e. The van der Waals surface area contributed by atoms with Gasteiger partial charge in [-0.25, -0.2) is 0 Å². The van der Waals surface area contributed by atoms with Crippen molar-refractivity contribution < 1.29 is 0 Å². The van der Waals surface area contributed by atoms with Gasteiger partial charge in [0, 0.05) is 27.7 Å². The molecule has 2 heteroatoms. The van der Waals surface area contributed by atoms with Crippen LogP contribution in [0.2, 0.25) is 0 Å². The van der Waals surface area contributed by atoms with Crippen LogP contribution in [0.4, 0.5) is 17.1 Å². The lowest BCUT2D eigenvalue weighted by molar-refractivity contribution is 0.794. The molecule has 0 radical (unpaired) electrons. The van der Waals surface area contributed by atoms with Crippen molar-refractivity contribution in [1.29, 1.82) is 0 Å². The standard InChI is InChI=1S/C71H44N2/c1-2-21-48(22-3-1)73-67-35-17-13-30-58(67)59-31-18-36-68(70(59)73)72(49-39-40-54-52-25-7-6-23-50(52)51-24-8-9-26-53(51)61(54)42-49)69-44-66-62(43-60(69)47-38-37-45-19-4-5-20-46(45)41-47)57-29-12-16-34-65(57)71(66)63-32-14-10-27-55(63)56-28-11-15-33-64(56)71/h1-44H. The van der Waals surface area contributed by atoms with Crippen molar-refractivity contribution in [3.63, 3.8) is 0 Å². The Morgan fingerprint density at radius 1 is 0.288 bits per heavy atom. The molecule has 0 aliphatic heterocycles. The van der Waals surface area contributed by atoms with Crippen LogP contribution in [-0.2, 0) is 5.41 Å². The number of rotatable bonds is 5. The summed E-state index contributed by atoms with van der Waals surface area (Å²) >= 11 is 0. The van der Waals surface area contributed by atoms with Gasteiger partial charge in [-0.2, -0.15) is 0 Å². The summed E-state index contributed by atoms with van der Waals surface area (Å²) in [6, 6.07) is 100. The molecule has 13 aromatic carbocycles. The lowest BCUT2D eigenvalue weighted by Gasteiger charge is -2.34. The summed E-state index contributed by atoms with van der Waals surface area (Å²) in [5.74, 6) is 0. The van der Waals surface area contributed by atoms with Crippen molar-refractivity contribution in [3.8, 4) is 39.1 Å². The molecule has 1 aromatic heterocycles. The van der Waals surface area contributed by atoms with E-state index in [1.807, 2.05) is 0 Å². The first-order chi connectivity index (χ1) is 36.2. The third-order valence-corrected chi connectivity index (χ3v) is 16.3. The van der Waals surface area contributed by atoms with Gasteiger partial charge < -0.3 is 9.47 Å². The second kappa shape index (κ2) is 15.3. The number of hydrogen-bond donors (Lipinski definition) is 0. The predicted molar refractivity (Wildman–Crippen MR) is 307 cm³/mol. The normalized spacial score (nSPS) is 13.0. The van der Waals surface area contributed by atoms with Gasteiger partial charge in [0.15, 0.2) is 0 Å². The molecule has 0 bridgehead atoms. The average molecular weight is 925 g/mol. The van der Waals surface area contributed by atoms with E-state index in [2.05, 4.69) is 276 Å². The van der Waals surface area contributed by atoms with Gasteiger partial charge in [0.2, 0.25) is 0 Å². The number of aromatic nitrogens is 1. The van der Waals surface area contributed by atoms with E-state index >= 15 is 0 Å².